The molecule has 0 radical (unpaired) electrons. The molecule has 1 fully saturated rings. The molecule has 1 amide bonds. The van der Waals surface area contributed by atoms with Crippen molar-refractivity contribution in [2.75, 3.05) is 13.1 Å². The summed E-state index contributed by atoms with van der Waals surface area (Å²) in [4.78, 5) is 30.7. The van der Waals surface area contributed by atoms with E-state index in [9.17, 15) is 9.59 Å². The predicted molar refractivity (Wildman–Crippen MR) is 95.8 cm³/mol. The molecule has 25 heavy (non-hydrogen) atoms. The van der Waals surface area contributed by atoms with Gasteiger partial charge in [0.2, 0.25) is 0 Å². The fourth-order valence-electron chi connectivity index (χ4n) is 3.32. The van der Waals surface area contributed by atoms with Crippen LogP contribution in [0.1, 0.15) is 57.2 Å². The minimum absolute atomic E-state index is 0.0209. The van der Waals surface area contributed by atoms with E-state index in [0.29, 0.717) is 18.9 Å². The quantitative estimate of drug-likeness (QED) is 0.778. The van der Waals surface area contributed by atoms with Crippen molar-refractivity contribution in [1.29, 1.82) is 0 Å². The first-order chi connectivity index (χ1) is 11.8. The Balaban J connectivity index is 1.91. The monoisotopic (exact) mass is 343 g/mol. The van der Waals surface area contributed by atoms with Crippen LogP contribution in [0, 0.1) is 0 Å². The maximum atomic E-state index is 12.4. The number of likely N-dealkylation sites (tertiary alicyclic amines) is 1. The lowest BCUT2D eigenvalue weighted by molar-refractivity contribution is 0.0173. The number of ether oxygens (including phenoxy) is 1. The van der Waals surface area contributed by atoms with Crippen molar-refractivity contribution in [3.63, 3.8) is 0 Å². The number of rotatable bonds is 2. The molecule has 6 nitrogen and oxygen atoms in total. The number of carbonyl (C=O) groups excluding carboxylic acids is 2. The Morgan fingerprint density at radius 1 is 1.24 bits per heavy atom. The summed E-state index contributed by atoms with van der Waals surface area (Å²) < 4.78 is 7.50. The SMILES string of the molecule is CC(=O)c1nc2ccccc2n1[C@H]1CCCN(C(=O)OC(C)(C)C)C1. The largest absolute Gasteiger partial charge is 0.444 e. The zero-order valence-corrected chi connectivity index (χ0v) is 15.3. The van der Waals surface area contributed by atoms with Gasteiger partial charge in [-0.05, 0) is 45.7 Å². The van der Waals surface area contributed by atoms with Gasteiger partial charge in [0, 0.05) is 20.0 Å². The molecular formula is C19H25N3O3. The van der Waals surface area contributed by atoms with Crippen LogP contribution in [0.4, 0.5) is 4.79 Å². The third-order valence-electron chi connectivity index (χ3n) is 4.32. The molecule has 1 aromatic carbocycles. The van der Waals surface area contributed by atoms with E-state index in [2.05, 4.69) is 4.98 Å². The molecule has 0 unspecified atom stereocenters. The lowest BCUT2D eigenvalue weighted by atomic mass is 10.1. The van der Waals surface area contributed by atoms with Crippen molar-refractivity contribution >= 4 is 22.9 Å². The average molecular weight is 343 g/mol. The highest BCUT2D eigenvalue weighted by atomic mass is 16.6. The molecule has 0 aliphatic carbocycles. The number of carbonyl (C=O) groups is 2. The smallest absolute Gasteiger partial charge is 0.410 e. The van der Waals surface area contributed by atoms with E-state index in [4.69, 9.17) is 4.74 Å². The van der Waals surface area contributed by atoms with Crippen LogP contribution in [-0.2, 0) is 4.74 Å². The van der Waals surface area contributed by atoms with Crippen LogP contribution in [0.3, 0.4) is 0 Å². The van der Waals surface area contributed by atoms with Crippen LogP contribution < -0.4 is 0 Å². The van der Waals surface area contributed by atoms with Gasteiger partial charge in [-0.2, -0.15) is 0 Å². The zero-order valence-electron chi connectivity index (χ0n) is 15.3. The molecule has 134 valence electrons. The van der Waals surface area contributed by atoms with E-state index in [1.807, 2.05) is 49.6 Å². The first-order valence-electron chi connectivity index (χ1n) is 8.72. The summed E-state index contributed by atoms with van der Waals surface area (Å²) in [6.07, 6.45) is 1.47. The molecule has 1 saturated heterocycles. The van der Waals surface area contributed by atoms with Crippen LogP contribution in [0.2, 0.25) is 0 Å². The summed E-state index contributed by atoms with van der Waals surface area (Å²) >= 11 is 0. The first kappa shape index (κ1) is 17.5. The van der Waals surface area contributed by atoms with Crippen LogP contribution in [-0.4, -0.2) is 45.0 Å². The second kappa shape index (κ2) is 6.50. The molecule has 0 N–H and O–H groups in total. The third-order valence-corrected chi connectivity index (χ3v) is 4.32. The van der Waals surface area contributed by atoms with Crippen molar-refractivity contribution in [2.24, 2.45) is 0 Å². The number of fused-ring (bicyclic) bond motifs is 1. The number of amides is 1. The van der Waals surface area contributed by atoms with Gasteiger partial charge in [-0.1, -0.05) is 12.1 Å². The second-order valence-electron chi connectivity index (χ2n) is 7.57. The number of benzene rings is 1. The van der Waals surface area contributed by atoms with E-state index in [-0.39, 0.29) is 17.9 Å². The van der Waals surface area contributed by atoms with E-state index < -0.39 is 5.60 Å². The number of ketones is 1. The summed E-state index contributed by atoms with van der Waals surface area (Å²) in [6, 6.07) is 7.76. The van der Waals surface area contributed by atoms with Gasteiger partial charge < -0.3 is 14.2 Å². The van der Waals surface area contributed by atoms with Gasteiger partial charge in [-0.25, -0.2) is 9.78 Å². The van der Waals surface area contributed by atoms with Gasteiger partial charge in [-0.3, -0.25) is 4.79 Å². The molecule has 2 aromatic rings. The van der Waals surface area contributed by atoms with E-state index >= 15 is 0 Å². The molecule has 1 aliphatic heterocycles. The van der Waals surface area contributed by atoms with Gasteiger partial charge in [0.1, 0.15) is 5.60 Å². The van der Waals surface area contributed by atoms with Crippen molar-refractivity contribution in [1.82, 2.24) is 14.5 Å². The molecule has 1 aliphatic rings. The average Bonchev–Trinajstić information content (AvgIpc) is 2.93. The standard InChI is InChI=1S/C19H25N3O3/c1-13(23)17-20-15-9-5-6-10-16(15)22(17)14-8-7-11-21(12-14)18(24)25-19(2,3)4/h5-6,9-10,14H,7-8,11-12H2,1-4H3/t14-/m0/s1. The highest BCUT2D eigenvalue weighted by molar-refractivity contribution is 5.94. The van der Waals surface area contributed by atoms with Crippen molar-refractivity contribution < 1.29 is 14.3 Å². The minimum Gasteiger partial charge on any atom is -0.444 e. The number of nitrogens with zero attached hydrogens (tertiary/aromatic N) is 3. The zero-order chi connectivity index (χ0) is 18.2. The number of Topliss-reactive ketones (excluding diaryl/α,β-unsaturated/α-hetero) is 1. The van der Waals surface area contributed by atoms with Gasteiger partial charge in [-0.15, -0.1) is 0 Å². The minimum atomic E-state index is -0.518. The normalized spacial score (nSPS) is 18.4. The highest BCUT2D eigenvalue weighted by Gasteiger charge is 2.30. The number of piperidine rings is 1. The molecule has 0 bridgehead atoms. The summed E-state index contributed by atoms with van der Waals surface area (Å²) in [5.41, 5.74) is 1.22. The number of para-hydroxylation sites is 2. The maximum Gasteiger partial charge on any atom is 0.410 e. The molecule has 2 heterocycles. The van der Waals surface area contributed by atoms with E-state index in [1.165, 1.54) is 6.92 Å². The molecular weight excluding hydrogens is 318 g/mol. The van der Waals surface area contributed by atoms with Crippen LogP contribution in [0.25, 0.3) is 11.0 Å². The Hall–Kier alpha value is -2.37. The molecule has 3 rings (SSSR count). The Bertz CT molecular complexity index is 804. The van der Waals surface area contributed by atoms with Crippen molar-refractivity contribution in [2.45, 2.75) is 52.2 Å². The molecule has 0 saturated carbocycles. The number of imidazole rings is 1. The Morgan fingerprint density at radius 3 is 2.64 bits per heavy atom. The Morgan fingerprint density at radius 2 is 1.96 bits per heavy atom. The number of hydrogen-bond donors (Lipinski definition) is 0. The summed E-state index contributed by atoms with van der Waals surface area (Å²) in [5, 5.41) is 0. The second-order valence-corrected chi connectivity index (χ2v) is 7.57. The summed E-state index contributed by atoms with van der Waals surface area (Å²) in [7, 11) is 0. The van der Waals surface area contributed by atoms with E-state index in [0.717, 1.165) is 23.9 Å². The number of hydrogen-bond acceptors (Lipinski definition) is 4. The van der Waals surface area contributed by atoms with Crippen molar-refractivity contribution in [3.8, 4) is 0 Å². The molecule has 6 heteroatoms. The van der Waals surface area contributed by atoms with E-state index in [1.54, 1.807) is 4.90 Å². The number of aromatic nitrogens is 2. The van der Waals surface area contributed by atoms with Gasteiger partial charge in [0.15, 0.2) is 11.6 Å². The maximum absolute atomic E-state index is 12.4. The van der Waals surface area contributed by atoms with Gasteiger partial charge in [0.05, 0.1) is 17.1 Å². The Labute approximate surface area is 147 Å². The van der Waals surface area contributed by atoms with Crippen molar-refractivity contribution in [3.05, 3.63) is 30.1 Å². The molecule has 1 atom stereocenters. The fraction of sp³-hybridized carbons (Fsp3) is 0.526. The van der Waals surface area contributed by atoms with Gasteiger partial charge >= 0.3 is 6.09 Å². The Kier molecular flexibility index (Phi) is 4.54. The first-order valence-corrected chi connectivity index (χ1v) is 8.72. The third kappa shape index (κ3) is 3.67. The summed E-state index contributed by atoms with van der Waals surface area (Å²) in [6.45, 7) is 8.33. The van der Waals surface area contributed by atoms with Crippen LogP contribution in [0.15, 0.2) is 24.3 Å². The molecule has 1 aromatic heterocycles. The van der Waals surface area contributed by atoms with Crippen LogP contribution >= 0.6 is 0 Å². The van der Waals surface area contributed by atoms with Crippen LogP contribution in [0.5, 0.6) is 0 Å². The lowest BCUT2D eigenvalue weighted by Crippen LogP contribution is -2.43. The highest BCUT2D eigenvalue weighted by Crippen LogP contribution is 2.29. The van der Waals surface area contributed by atoms with Gasteiger partial charge in [0.25, 0.3) is 0 Å². The lowest BCUT2D eigenvalue weighted by Gasteiger charge is -2.35. The molecule has 0 spiro atoms. The predicted octanol–water partition coefficient (Wildman–Crippen LogP) is 3.81. The topological polar surface area (TPSA) is 64.4 Å². The summed E-state index contributed by atoms with van der Waals surface area (Å²) in [5.74, 6) is 0.392. The fourth-order valence-corrected chi connectivity index (χ4v) is 3.32.